The van der Waals surface area contributed by atoms with E-state index in [0.717, 1.165) is 31.7 Å². The quantitative estimate of drug-likeness (QED) is 0.783. The van der Waals surface area contributed by atoms with Gasteiger partial charge in [-0.3, -0.25) is 0 Å². The second-order valence-electron chi connectivity index (χ2n) is 5.82. The lowest BCUT2D eigenvalue weighted by Gasteiger charge is -2.19. The molecule has 5 heteroatoms. The molecule has 0 aliphatic heterocycles. The first kappa shape index (κ1) is 15.7. The lowest BCUT2D eigenvalue weighted by molar-refractivity contribution is -0.137. The van der Waals surface area contributed by atoms with Crippen molar-refractivity contribution in [2.45, 2.75) is 51.2 Å². The van der Waals surface area contributed by atoms with Gasteiger partial charge < -0.3 is 5.32 Å². The van der Waals surface area contributed by atoms with E-state index in [4.69, 9.17) is 5.26 Å². The summed E-state index contributed by atoms with van der Waals surface area (Å²) in [6.45, 7) is 2.23. The molecule has 0 radical (unpaired) electrons. The number of alkyl halides is 3. The summed E-state index contributed by atoms with van der Waals surface area (Å²) in [5.41, 5.74) is -0.598. The van der Waals surface area contributed by atoms with E-state index < -0.39 is 11.7 Å². The van der Waals surface area contributed by atoms with Gasteiger partial charge in [0.05, 0.1) is 17.2 Å². The molecule has 0 saturated heterocycles. The molecule has 2 atom stereocenters. The molecule has 2 rings (SSSR count). The van der Waals surface area contributed by atoms with E-state index >= 15 is 0 Å². The molecular weight excluding hydrogens is 277 g/mol. The number of benzene rings is 1. The van der Waals surface area contributed by atoms with Gasteiger partial charge in [0.15, 0.2) is 0 Å². The van der Waals surface area contributed by atoms with Crippen molar-refractivity contribution in [3.8, 4) is 6.07 Å². The third kappa shape index (κ3) is 4.13. The monoisotopic (exact) mass is 296 g/mol. The minimum atomic E-state index is -4.48. The molecule has 0 heterocycles. The molecule has 1 fully saturated rings. The number of nitriles is 1. The average molecular weight is 296 g/mol. The van der Waals surface area contributed by atoms with E-state index in [2.05, 4.69) is 12.2 Å². The smallest absolute Gasteiger partial charge is 0.382 e. The van der Waals surface area contributed by atoms with Crippen molar-refractivity contribution >= 4 is 5.69 Å². The lowest BCUT2D eigenvalue weighted by atomic mass is 10.0. The summed E-state index contributed by atoms with van der Waals surface area (Å²) in [6, 6.07) is 5.62. The predicted molar refractivity (Wildman–Crippen MR) is 75.8 cm³/mol. The first-order valence-corrected chi connectivity index (χ1v) is 7.28. The molecule has 21 heavy (non-hydrogen) atoms. The maximum atomic E-state index is 12.8. The van der Waals surface area contributed by atoms with Gasteiger partial charge in [-0.1, -0.05) is 19.8 Å². The Morgan fingerprint density at radius 2 is 1.95 bits per heavy atom. The Hall–Kier alpha value is -1.70. The van der Waals surface area contributed by atoms with E-state index in [1.54, 1.807) is 6.07 Å². The highest BCUT2D eigenvalue weighted by molar-refractivity contribution is 5.54. The van der Waals surface area contributed by atoms with Crippen LogP contribution in [0.3, 0.4) is 0 Å². The summed E-state index contributed by atoms with van der Waals surface area (Å²) in [4.78, 5) is 0. The second kappa shape index (κ2) is 6.38. The van der Waals surface area contributed by atoms with Gasteiger partial charge in [0, 0.05) is 11.7 Å². The Bertz CT molecular complexity index is 531. The number of nitrogens with one attached hydrogen (secondary N) is 1. The third-order valence-electron chi connectivity index (χ3n) is 4.07. The molecule has 1 aliphatic carbocycles. The number of hydrogen-bond acceptors (Lipinski definition) is 2. The maximum Gasteiger partial charge on any atom is 0.417 e. The number of rotatable bonds is 2. The highest BCUT2D eigenvalue weighted by atomic mass is 19.4. The van der Waals surface area contributed by atoms with Gasteiger partial charge in [0.25, 0.3) is 0 Å². The van der Waals surface area contributed by atoms with Crippen molar-refractivity contribution in [2.75, 3.05) is 5.32 Å². The van der Waals surface area contributed by atoms with Crippen molar-refractivity contribution in [3.05, 3.63) is 29.3 Å². The fourth-order valence-electron chi connectivity index (χ4n) is 2.84. The topological polar surface area (TPSA) is 35.8 Å². The van der Waals surface area contributed by atoms with E-state index in [1.165, 1.54) is 18.6 Å². The minimum Gasteiger partial charge on any atom is -0.382 e. The SMILES string of the molecule is CC1CCCC(Nc2ccc(C(F)(F)F)c(C#N)c2)CC1. The van der Waals surface area contributed by atoms with Gasteiger partial charge in [-0.15, -0.1) is 0 Å². The standard InChI is InChI=1S/C16H19F3N2/c1-11-3-2-4-13(6-5-11)21-14-7-8-15(16(17,18)19)12(9-14)10-20/h7-9,11,13,21H,2-6H2,1H3. The Morgan fingerprint density at radius 1 is 1.19 bits per heavy atom. The van der Waals surface area contributed by atoms with Crippen LogP contribution in [-0.4, -0.2) is 6.04 Å². The van der Waals surface area contributed by atoms with Gasteiger partial charge in [0.1, 0.15) is 0 Å². The zero-order valence-electron chi connectivity index (χ0n) is 12.0. The molecule has 0 aromatic heterocycles. The number of hydrogen-bond donors (Lipinski definition) is 1. The molecule has 1 aromatic rings. The predicted octanol–water partition coefficient (Wildman–Crippen LogP) is 4.96. The first-order chi connectivity index (χ1) is 9.90. The Balaban J connectivity index is 2.13. The largest absolute Gasteiger partial charge is 0.417 e. The maximum absolute atomic E-state index is 12.8. The summed E-state index contributed by atoms with van der Waals surface area (Å²) in [6.07, 6.45) is 1.02. The number of halogens is 3. The van der Waals surface area contributed by atoms with Crippen molar-refractivity contribution in [2.24, 2.45) is 5.92 Å². The van der Waals surface area contributed by atoms with Crippen LogP contribution in [0.15, 0.2) is 18.2 Å². The Kier molecular flexibility index (Phi) is 4.76. The van der Waals surface area contributed by atoms with Gasteiger partial charge in [-0.05, 0) is 43.4 Å². The zero-order chi connectivity index (χ0) is 15.5. The van der Waals surface area contributed by atoms with E-state index in [1.807, 2.05) is 0 Å². The summed E-state index contributed by atoms with van der Waals surface area (Å²) in [5, 5.41) is 12.2. The van der Waals surface area contributed by atoms with Gasteiger partial charge in [0.2, 0.25) is 0 Å². The summed E-state index contributed by atoms with van der Waals surface area (Å²) < 4.78 is 38.3. The summed E-state index contributed by atoms with van der Waals surface area (Å²) in [7, 11) is 0. The van der Waals surface area contributed by atoms with E-state index in [9.17, 15) is 13.2 Å². The Morgan fingerprint density at radius 3 is 2.62 bits per heavy atom. The first-order valence-electron chi connectivity index (χ1n) is 7.28. The third-order valence-corrected chi connectivity index (χ3v) is 4.07. The molecule has 114 valence electrons. The van der Waals surface area contributed by atoms with E-state index in [0.29, 0.717) is 11.6 Å². The van der Waals surface area contributed by atoms with Gasteiger partial charge in [-0.2, -0.15) is 18.4 Å². The van der Waals surface area contributed by atoms with Gasteiger partial charge >= 0.3 is 6.18 Å². The molecule has 0 bridgehead atoms. The minimum absolute atomic E-state index is 0.276. The van der Waals surface area contributed by atoms with Crippen LogP contribution in [-0.2, 0) is 6.18 Å². The van der Waals surface area contributed by atoms with Crippen molar-refractivity contribution < 1.29 is 13.2 Å². The van der Waals surface area contributed by atoms with Crippen molar-refractivity contribution in [1.29, 1.82) is 5.26 Å². The average Bonchev–Trinajstić information content (AvgIpc) is 2.62. The van der Waals surface area contributed by atoms with Crippen LogP contribution in [0.25, 0.3) is 0 Å². The van der Waals surface area contributed by atoms with Gasteiger partial charge in [-0.25, -0.2) is 0 Å². The molecule has 1 aliphatic rings. The second-order valence-corrected chi connectivity index (χ2v) is 5.82. The molecule has 2 nitrogen and oxygen atoms in total. The van der Waals surface area contributed by atoms with Crippen molar-refractivity contribution in [1.82, 2.24) is 0 Å². The highest BCUT2D eigenvalue weighted by Gasteiger charge is 2.33. The fourth-order valence-corrected chi connectivity index (χ4v) is 2.84. The zero-order valence-corrected chi connectivity index (χ0v) is 12.0. The van der Waals surface area contributed by atoms with Crippen LogP contribution >= 0.6 is 0 Å². The van der Waals surface area contributed by atoms with Crippen LogP contribution in [0.1, 0.15) is 50.2 Å². The fraction of sp³-hybridized carbons (Fsp3) is 0.562. The Labute approximate surface area is 123 Å². The number of anilines is 1. The van der Waals surface area contributed by atoms with Crippen molar-refractivity contribution in [3.63, 3.8) is 0 Å². The highest BCUT2D eigenvalue weighted by Crippen LogP contribution is 2.33. The molecule has 1 saturated carbocycles. The summed E-state index contributed by atoms with van der Waals surface area (Å²) >= 11 is 0. The van der Waals surface area contributed by atoms with Crippen LogP contribution < -0.4 is 5.32 Å². The number of nitrogens with zero attached hydrogens (tertiary/aromatic N) is 1. The lowest BCUT2D eigenvalue weighted by Crippen LogP contribution is -2.19. The van der Waals surface area contributed by atoms with Crippen LogP contribution in [0.4, 0.5) is 18.9 Å². The molecule has 0 amide bonds. The van der Waals surface area contributed by atoms with E-state index in [-0.39, 0.29) is 11.6 Å². The normalized spacial score (nSPS) is 23.2. The molecule has 1 N–H and O–H groups in total. The molecule has 1 aromatic carbocycles. The van der Waals surface area contributed by atoms with Crippen LogP contribution in [0.5, 0.6) is 0 Å². The molecular formula is C16H19F3N2. The van der Waals surface area contributed by atoms with Crippen LogP contribution in [0.2, 0.25) is 0 Å². The summed E-state index contributed by atoms with van der Waals surface area (Å²) in [5.74, 6) is 0.707. The molecule has 0 spiro atoms. The van der Waals surface area contributed by atoms with Crippen LogP contribution in [0, 0.1) is 17.2 Å². The molecule has 2 unspecified atom stereocenters.